The van der Waals surface area contributed by atoms with Crippen LogP contribution in [0.25, 0.3) is 10.9 Å². The van der Waals surface area contributed by atoms with E-state index in [0.29, 0.717) is 57.5 Å². The topological polar surface area (TPSA) is 104 Å². The molecule has 0 radical (unpaired) electrons. The van der Waals surface area contributed by atoms with E-state index < -0.39 is 17.1 Å². The number of anilines is 1. The Kier molecular flexibility index (Phi) is 8.07. The van der Waals surface area contributed by atoms with Crippen LogP contribution >= 0.6 is 0 Å². The number of aryl methyl sites for hydroxylation is 1. The molecule has 1 saturated heterocycles. The maximum atomic E-state index is 14.5. The Bertz CT molecular complexity index is 1690. The normalized spacial score (nSPS) is 28.1. The second kappa shape index (κ2) is 11.7. The van der Waals surface area contributed by atoms with Gasteiger partial charge in [-0.3, -0.25) is 9.36 Å². The first-order valence-electron chi connectivity index (χ1n) is 15.9. The van der Waals surface area contributed by atoms with Gasteiger partial charge in [0.1, 0.15) is 11.6 Å². The third-order valence-corrected chi connectivity index (χ3v) is 10.6. The van der Waals surface area contributed by atoms with Crippen LogP contribution in [-0.2, 0) is 13.0 Å². The van der Waals surface area contributed by atoms with Crippen molar-refractivity contribution in [1.29, 1.82) is 0 Å². The van der Waals surface area contributed by atoms with Crippen LogP contribution in [0.5, 0.6) is 5.75 Å². The molecule has 0 unspecified atom stereocenters. The molecular formula is C34H45FN6O3. The number of piperazine rings is 1. The number of aromatic nitrogens is 2. The Morgan fingerprint density at radius 2 is 1.84 bits per heavy atom. The van der Waals surface area contributed by atoms with Crippen molar-refractivity contribution < 1.29 is 9.13 Å². The van der Waals surface area contributed by atoms with Crippen LogP contribution in [0.4, 0.5) is 10.1 Å². The average Bonchev–Trinajstić information content (AvgIpc) is 2.97. The highest BCUT2D eigenvalue weighted by molar-refractivity contribution is 5.96. The van der Waals surface area contributed by atoms with Crippen LogP contribution in [-0.4, -0.2) is 58.7 Å². The Hall–Kier alpha value is -3.66. The molecule has 4 aliphatic rings. The van der Waals surface area contributed by atoms with Crippen LogP contribution in [0.1, 0.15) is 53.0 Å². The van der Waals surface area contributed by atoms with E-state index in [2.05, 4.69) is 55.1 Å². The lowest BCUT2D eigenvalue weighted by atomic mass is 9.45. The number of rotatable bonds is 6. The van der Waals surface area contributed by atoms with E-state index in [1.54, 1.807) is 24.3 Å². The fourth-order valence-corrected chi connectivity index (χ4v) is 7.90. The van der Waals surface area contributed by atoms with Gasteiger partial charge in [-0.25, -0.2) is 14.2 Å². The van der Waals surface area contributed by atoms with Gasteiger partial charge in [-0.2, -0.15) is 0 Å². The van der Waals surface area contributed by atoms with E-state index in [1.165, 1.54) is 19.6 Å². The van der Waals surface area contributed by atoms with Gasteiger partial charge in [0, 0.05) is 43.5 Å². The molecule has 4 fully saturated rings. The van der Waals surface area contributed by atoms with E-state index >= 15 is 0 Å². The minimum atomic E-state index is -0.523. The van der Waals surface area contributed by atoms with Gasteiger partial charge < -0.3 is 25.3 Å². The van der Waals surface area contributed by atoms with Crippen molar-refractivity contribution in [2.45, 2.75) is 78.6 Å². The van der Waals surface area contributed by atoms with Crippen LogP contribution in [0, 0.1) is 29.0 Å². The Morgan fingerprint density at radius 1 is 1.09 bits per heavy atom. The molecule has 2 aromatic carbocycles. The number of nitrogens with zero attached hydrogens (tertiary/aromatic N) is 3. The summed E-state index contributed by atoms with van der Waals surface area (Å²) in [6, 6.07) is 10.9. The second-order valence-electron chi connectivity index (χ2n) is 13.8. The fraction of sp³-hybridized carbons (Fsp3) is 0.559. The fourth-order valence-electron chi connectivity index (χ4n) is 7.90. The molecule has 2 bridgehead atoms. The van der Waals surface area contributed by atoms with E-state index in [-0.39, 0.29) is 19.0 Å². The Morgan fingerprint density at radius 3 is 2.50 bits per heavy atom. The highest BCUT2D eigenvalue weighted by atomic mass is 19.1. The zero-order valence-electron chi connectivity index (χ0n) is 26.6. The molecule has 6 atom stereocenters. The Balaban J connectivity index is 1.27. The lowest BCUT2D eigenvalue weighted by Gasteiger charge is -2.61. The lowest BCUT2D eigenvalue weighted by molar-refractivity contribution is -0.108. The summed E-state index contributed by atoms with van der Waals surface area (Å²) in [4.78, 5) is 37.0. The van der Waals surface area contributed by atoms with E-state index in [9.17, 15) is 14.0 Å². The number of halogens is 1. The van der Waals surface area contributed by atoms with E-state index in [0.717, 1.165) is 35.7 Å². The van der Waals surface area contributed by atoms with Gasteiger partial charge in [-0.15, -0.1) is 0 Å². The summed E-state index contributed by atoms with van der Waals surface area (Å²) in [5.74, 6) is 2.72. The predicted molar refractivity (Wildman–Crippen MR) is 173 cm³/mol. The molecule has 0 amide bonds. The number of fused-ring (bicyclic) bond motifs is 3. The molecule has 236 valence electrons. The largest absolute Gasteiger partial charge is 0.497 e. The summed E-state index contributed by atoms with van der Waals surface area (Å²) in [5.41, 5.74) is 1.08. The zero-order valence-corrected chi connectivity index (χ0v) is 26.6. The number of aromatic amines is 1. The van der Waals surface area contributed by atoms with Crippen molar-refractivity contribution >= 4 is 22.5 Å². The summed E-state index contributed by atoms with van der Waals surface area (Å²) in [6.45, 7) is 13.3. The molecule has 2 heterocycles. The first-order valence-corrected chi connectivity index (χ1v) is 15.9. The zero-order chi connectivity index (χ0) is 31.3. The SMILES string of the molecule is COc1ccc(CCn2c(=O)[nH]c3cc(NC(=N[C@H]4C[C@H]5C[C@@H]([C@@H]4C)C5(C)C)N4C[C@@H](C)N[C@@H](C)C4)ccc3c2=O)c(F)c1. The van der Waals surface area contributed by atoms with E-state index in [4.69, 9.17) is 9.73 Å². The minimum Gasteiger partial charge on any atom is -0.497 e. The number of methoxy groups -OCH3 is 1. The molecule has 3 aliphatic carbocycles. The molecule has 3 aromatic rings. The summed E-state index contributed by atoms with van der Waals surface area (Å²) in [5, 5.41) is 7.59. The minimum absolute atomic E-state index is 0.0574. The lowest BCUT2D eigenvalue weighted by Crippen LogP contribution is -2.59. The molecule has 3 saturated carbocycles. The highest BCUT2D eigenvalue weighted by Crippen LogP contribution is 2.61. The smallest absolute Gasteiger partial charge is 0.328 e. The quantitative estimate of drug-likeness (QED) is 0.281. The molecule has 1 aliphatic heterocycles. The molecule has 10 heteroatoms. The van der Waals surface area contributed by atoms with Crippen molar-refractivity contribution in [3.8, 4) is 5.75 Å². The van der Waals surface area contributed by atoms with Crippen LogP contribution < -0.4 is 26.6 Å². The average molecular weight is 605 g/mol. The van der Waals surface area contributed by atoms with Crippen molar-refractivity contribution in [2.75, 3.05) is 25.5 Å². The third kappa shape index (κ3) is 5.64. The second-order valence-corrected chi connectivity index (χ2v) is 13.8. The number of hydrogen-bond donors (Lipinski definition) is 3. The monoisotopic (exact) mass is 604 g/mol. The Labute approximate surface area is 257 Å². The van der Waals surface area contributed by atoms with Crippen LogP contribution in [0.3, 0.4) is 0 Å². The number of hydrogen-bond acceptors (Lipinski definition) is 5. The highest BCUT2D eigenvalue weighted by Gasteiger charge is 2.56. The maximum Gasteiger partial charge on any atom is 0.328 e. The number of guanidine groups is 1. The number of nitrogens with one attached hydrogen (secondary N) is 3. The van der Waals surface area contributed by atoms with Gasteiger partial charge in [-0.1, -0.05) is 26.8 Å². The van der Waals surface area contributed by atoms with Crippen LogP contribution in [0.15, 0.2) is 51.0 Å². The number of ether oxygens (including phenoxy) is 1. The van der Waals surface area contributed by atoms with Crippen molar-refractivity contribution in [3.05, 3.63) is 68.6 Å². The van der Waals surface area contributed by atoms with Gasteiger partial charge in [-0.05, 0) is 86.1 Å². The molecular weight excluding hydrogens is 559 g/mol. The van der Waals surface area contributed by atoms with Crippen LogP contribution in [0.2, 0.25) is 0 Å². The summed E-state index contributed by atoms with van der Waals surface area (Å²) in [6.07, 6.45) is 2.59. The van der Waals surface area contributed by atoms with Crippen molar-refractivity contribution in [3.63, 3.8) is 0 Å². The molecule has 3 N–H and O–H groups in total. The molecule has 44 heavy (non-hydrogen) atoms. The molecule has 0 spiro atoms. The summed E-state index contributed by atoms with van der Waals surface area (Å²) < 4.78 is 20.7. The third-order valence-electron chi connectivity index (χ3n) is 10.6. The molecule has 9 nitrogen and oxygen atoms in total. The maximum absolute atomic E-state index is 14.5. The van der Waals surface area contributed by atoms with Crippen molar-refractivity contribution in [1.82, 2.24) is 19.8 Å². The van der Waals surface area contributed by atoms with Gasteiger partial charge in [0.05, 0.1) is 24.1 Å². The van der Waals surface area contributed by atoms with Gasteiger partial charge in [0.2, 0.25) is 0 Å². The number of aliphatic imine (C=N–C) groups is 1. The van der Waals surface area contributed by atoms with Gasteiger partial charge in [0.15, 0.2) is 5.96 Å². The summed E-state index contributed by atoms with van der Waals surface area (Å²) >= 11 is 0. The predicted octanol–water partition coefficient (Wildman–Crippen LogP) is 4.60. The molecule has 1 aromatic heterocycles. The number of benzene rings is 2. The number of H-pyrrole nitrogens is 1. The van der Waals surface area contributed by atoms with E-state index in [1.807, 2.05) is 6.07 Å². The van der Waals surface area contributed by atoms with Gasteiger partial charge >= 0.3 is 5.69 Å². The summed E-state index contributed by atoms with van der Waals surface area (Å²) in [7, 11) is 1.48. The van der Waals surface area contributed by atoms with Crippen molar-refractivity contribution in [2.24, 2.45) is 28.2 Å². The first kappa shape index (κ1) is 30.4. The van der Waals surface area contributed by atoms with Gasteiger partial charge in [0.25, 0.3) is 5.56 Å². The first-order chi connectivity index (χ1) is 20.9. The standard InChI is InChI=1S/C34H45FN6O3/c1-19-17-40(18-20(2)36-19)32(38-29-14-23-13-27(21(29)3)34(23,4)5)37-24-8-10-26-30(15-24)39-33(43)41(31(26)42)12-11-22-7-9-25(44-6)16-28(22)35/h7-10,15-16,19-21,23,27,29,36H,11-14,17-18H2,1-6H3,(H,37,38)(H,39,43)/t19-,20+,21-,23+,27-,29-/m0/s1. The molecule has 7 rings (SSSR count).